The lowest BCUT2D eigenvalue weighted by molar-refractivity contribution is -0.137. The van der Waals surface area contributed by atoms with Crippen molar-refractivity contribution in [2.24, 2.45) is 5.41 Å². The van der Waals surface area contributed by atoms with Crippen LogP contribution >= 0.6 is 35.2 Å². The van der Waals surface area contributed by atoms with Crippen molar-refractivity contribution in [3.05, 3.63) is 12.7 Å². The summed E-state index contributed by atoms with van der Waals surface area (Å²) in [6.07, 6.45) is -5.73. The quantitative estimate of drug-likeness (QED) is 0.0563. The van der Waals surface area contributed by atoms with Crippen LogP contribution in [0.15, 0.2) is 12.7 Å². The number of nitrogens with two attached hydrogens (primary N) is 1. The number of nitrogen functional groups attached to an aromatic ring is 1. The van der Waals surface area contributed by atoms with E-state index in [1.165, 1.54) is 13.8 Å². The third-order valence-electron chi connectivity index (χ3n) is 7.22. The summed E-state index contributed by atoms with van der Waals surface area (Å²) in [7, 11) is -16.4. The van der Waals surface area contributed by atoms with Crippen molar-refractivity contribution in [1.29, 1.82) is 0 Å². The summed E-state index contributed by atoms with van der Waals surface area (Å²) in [6.45, 7) is 2.41. The molecule has 24 nitrogen and oxygen atoms in total. The molecule has 0 spiro atoms. The number of ether oxygens (including phenoxy) is 1. The van der Waals surface area contributed by atoms with Crippen molar-refractivity contribution in [3.8, 4) is 0 Å². The number of fused-ring (bicyclic) bond motifs is 1. The number of carbonyl (C=O) groups is 3. The van der Waals surface area contributed by atoms with E-state index in [0.717, 1.165) is 35.4 Å². The van der Waals surface area contributed by atoms with Gasteiger partial charge in [0.15, 0.2) is 22.8 Å². The monoisotopic (exact) mass is 839 g/mol. The average Bonchev–Trinajstić information content (AvgIpc) is 3.61. The smallest absolute Gasteiger partial charge is 0.386 e. The molecule has 2 aromatic rings. The Morgan fingerprint density at radius 3 is 2.45 bits per heavy atom. The molecule has 28 heteroatoms. The summed E-state index contributed by atoms with van der Waals surface area (Å²) in [5.41, 5.74) is 4.27. The molecule has 0 aromatic carbocycles. The molecule has 2 amide bonds. The van der Waals surface area contributed by atoms with Gasteiger partial charge in [0.05, 0.1) is 19.5 Å². The SMILES string of the molecule is CCC[14C](=O)SCCNC(=O)CCNC(=O)[C@H](O)C(C)(C)COP(=O)(O)OP(=O)(O)OC[C@H]1O[C@@H](n2cnc3c(N)ncnc32)[C@H](O)[C@@H]1OP(=O)(O)O. The second-order valence-electron chi connectivity index (χ2n) is 12.0. The van der Waals surface area contributed by atoms with Crippen LogP contribution in [-0.4, -0.2) is 123 Å². The highest BCUT2D eigenvalue weighted by molar-refractivity contribution is 8.13. The number of phosphoric ester groups is 3. The molecular weight excluding hydrogens is 797 g/mol. The van der Waals surface area contributed by atoms with Crippen molar-refractivity contribution in [3.63, 3.8) is 0 Å². The molecule has 2 aromatic heterocycles. The number of carbonyl (C=O) groups excluding carboxylic acids is 3. The van der Waals surface area contributed by atoms with E-state index in [-0.39, 0.29) is 41.6 Å². The zero-order valence-electron chi connectivity index (χ0n) is 28.5. The molecule has 0 aliphatic carbocycles. The van der Waals surface area contributed by atoms with Gasteiger partial charge in [-0.15, -0.1) is 0 Å². The van der Waals surface area contributed by atoms with Crippen molar-refractivity contribution < 1.29 is 80.5 Å². The fourth-order valence-electron chi connectivity index (χ4n) is 4.57. The predicted molar refractivity (Wildman–Crippen MR) is 182 cm³/mol. The molecule has 1 aliphatic heterocycles. The number of thioether (sulfide) groups is 1. The number of aliphatic hydroxyl groups excluding tert-OH is 2. The Kier molecular flexibility index (Phi) is 16.1. The molecule has 1 fully saturated rings. The summed E-state index contributed by atoms with van der Waals surface area (Å²) in [5.74, 6) is -1.06. The lowest BCUT2D eigenvalue weighted by Gasteiger charge is -2.30. The Hall–Kier alpha value is -2.44. The molecule has 3 rings (SSSR count). The third-order valence-corrected chi connectivity index (χ3v) is 11.3. The van der Waals surface area contributed by atoms with Gasteiger partial charge in [0.1, 0.15) is 36.3 Å². The van der Waals surface area contributed by atoms with Crippen LogP contribution in [0.1, 0.15) is 46.3 Å². The van der Waals surface area contributed by atoms with Crippen LogP contribution in [-0.2, 0) is 50.7 Å². The van der Waals surface area contributed by atoms with Gasteiger partial charge >= 0.3 is 23.5 Å². The minimum atomic E-state index is -5.56. The first-order valence-electron chi connectivity index (χ1n) is 15.6. The predicted octanol–water partition coefficient (Wildman–Crippen LogP) is -0.535. The molecule has 1 aliphatic rings. The number of aromatic nitrogens is 4. The molecule has 7 atom stereocenters. The Bertz CT molecular complexity index is 1750. The number of hydrogen-bond donors (Lipinski definition) is 9. The van der Waals surface area contributed by atoms with Crippen LogP contribution in [0.4, 0.5) is 5.82 Å². The Morgan fingerprint density at radius 1 is 1.11 bits per heavy atom. The summed E-state index contributed by atoms with van der Waals surface area (Å²) < 4.78 is 61.9. The normalized spacial score (nSPS) is 22.2. The van der Waals surface area contributed by atoms with Crippen molar-refractivity contribution >= 4 is 69.1 Å². The standard InChI is InChI=1S/C25H42N7O17P3S/c1-4-5-16(34)53-9-8-27-15(33)6-7-28-23(37)20(36)25(2,3)11-46-52(43,44)49-51(41,42)45-10-14-19(48-50(38,39)40)18(35)24(47-14)32-13-31-17-21(26)29-12-30-22(17)32/h12-14,18-20,24,35-36H,4-11H2,1-3H3,(H,27,33)(H,28,37)(H,41,42)(H,43,44)(H2,26,29,30)(H2,38,39,40)/t14-,18-,19-,20+,24-/m1/s1/i16+2. The minimum Gasteiger partial charge on any atom is -0.386 e. The number of anilines is 1. The maximum absolute atomic E-state index is 12.6. The average molecular weight is 840 g/mol. The zero-order chi connectivity index (χ0) is 39.8. The maximum Gasteiger partial charge on any atom is 0.481 e. The number of rotatable bonds is 21. The van der Waals surface area contributed by atoms with Gasteiger partial charge in [-0.05, 0) is 6.42 Å². The molecule has 0 radical (unpaired) electrons. The van der Waals surface area contributed by atoms with Crippen molar-refractivity contribution in [1.82, 2.24) is 30.2 Å². The van der Waals surface area contributed by atoms with E-state index < -0.39 is 84.6 Å². The van der Waals surface area contributed by atoms with Gasteiger partial charge in [0, 0.05) is 37.1 Å². The minimum absolute atomic E-state index is 0.0127. The molecule has 2 unspecified atom stereocenters. The highest BCUT2D eigenvalue weighted by Gasteiger charge is 2.50. The molecule has 3 heterocycles. The second kappa shape index (κ2) is 18.9. The molecule has 0 bridgehead atoms. The Labute approximate surface area is 306 Å². The van der Waals surface area contributed by atoms with E-state index in [9.17, 15) is 57.9 Å². The molecule has 0 saturated carbocycles. The Morgan fingerprint density at radius 2 is 1.79 bits per heavy atom. The van der Waals surface area contributed by atoms with Crippen LogP contribution in [0.5, 0.6) is 0 Å². The van der Waals surface area contributed by atoms with Crippen LogP contribution < -0.4 is 16.4 Å². The first-order valence-corrected chi connectivity index (χ1v) is 21.1. The number of nitrogens with one attached hydrogen (secondary N) is 2. The van der Waals surface area contributed by atoms with Crippen LogP contribution in [0, 0.1) is 5.41 Å². The maximum atomic E-state index is 12.6. The number of hydrogen-bond acceptors (Lipinski definition) is 18. The lowest BCUT2D eigenvalue weighted by atomic mass is 9.87. The fourth-order valence-corrected chi connectivity index (χ4v) is 8.18. The van der Waals surface area contributed by atoms with Crippen LogP contribution in [0.3, 0.4) is 0 Å². The topological polar surface area (TPSA) is 364 Å². The second-order valence-corrected chi connectivity index (χ2v) is 17.4. The first kappa shape index (κ1) is 45.0. The van der Waals surface area contributed by atoms with Crippen LogP contribution in [0.25, 0.3) is 11.2 Å². The number of imidazole rings is 1. The van der Waals surface area contributed by atoms with Crippen LogP contribution in [0.2, 0.25) is 0 Å². The van der Waals surface area contributed by atoms with E-state index in [4.69, 9.17) is 19.5 Å². The molecule has 53 heavy (non-hydrogen) atoms. The lowest BCUT2D eigenvalue weighted by Crippen LogP contribution is -2.46. The van der Waals surface area contributed by atoms with Crippen molar-refractivity contribution in [2.45, 2.75) is 70.7 Å². The van der Waals surface area contributed by atoms with Gasteiger partial charge in [0.2, 0.25) is 11.8 Å². The highest BCUT2D eigenvalue weighted by atomic mass is 32.2. The first-order chi connectivity index (χ1) is 24.6. The number of aliphatic hydroxyl groups is 2. The van der Waals surface area contributed by atoms with Gasteiger partial charge < -0.3 is 50.9 Å². The van der Waals surface area contributed by atoms with E-state index in [1.807, 2.05) is 6.92 Å². The number of amides is 2. The van der Waals surface area contributed by atoms with Gasteiger partial charge in [-0.25, -0.2) is 28.6 Å². The number of nitrogens with zero attached hydrogens (tertiary/aromatic N) is 4. The van der Waals surface area contributed by atoms with E-state index in [2.05, 4.69) is 34.4 Å². The summed E-state index contributed by atoms with van der Waals surface area (Å²) in [4.78, 5) is 86.8. The van der Waals surface area contributed by atoms with E-state index in [0.29, 0.717) is 12.2 Å². The fraction of sp³-hybridized carbons (Fsp3) is 0.680. The molecule has 300 valence electrons. The van der Waals surface area contributed by atoms with Gasteiger partial charge in [-0.3, -0.25) is 32.5 Å². The van der Waals surface area contributed by atoms with Gasteiger partial charge in [0.25, 0.3) is 0 Å². The summed E-state index contributed by atoms with van der Waals surface area (Å²) in [5, 5.41) is 26.3. The molecule has 1 saturated heterocycles. The summed E-state index contributed by atoms with van der Waals surface area (Å²) >= 11 is 1.09. The molecule has 10 N–H and O–H groups in total. The van der Waals surface area contributed by atoms with Crippen molar-refractivity contribution in [2.75, 3.05) is 37.8 Å². The largest absolute Gasteiger partial charge is 0.481 e. The zero-order valence-corrected chi connectivity index (χ0v) is 32.0. The van der Waals surface area contributed by atoms with Gasteiger partial charge in [-0.1, -0.05) is 32.5 Å². The molecular formula is C25H42N7O17P3S. The van der Waals surface area contributed by atoms with Gasteiger partial charge in [-0.2, -0.15) is 4.31 Å². The summed E-state index contributed by atoms with van der Waals surface area (Å²) in [6, 6.07) is 0. The third kappa shape index (κ3) is 13.7. The number of phosphoric acid groups is 3. The Balaban J connectivity index is 1.52. The van der Waals surface area contributed by atoms with E-state index >= 15 is 0 Å². The van der Waals surface area contributed by atoms with E-state index in [1.54, 1.807) is 0 Å². The highest BCUT2D eigenvalue weighted by Crippen LogP contribution is 2.61.